The fourth-order valence-corrected chi connectivity index (χ4v) is 5.67. The van der Waals surface area contributed by atoms with Crippen LogP contribution in [0, 0.1) is 0 Å². The van der Waals surface area contributed by atoms with Gasteiger partial charge in [-0.15, -0.1) is 0 Å². The molecule has 2 amide bonds. The quantitative estimate of drug-likeness (QED) is 0.405. The van der Waals surface area contributed by atoms with E-state index in [0.717, 1.165) is 54.4 Å². The maximum absolute atomic E-state index is 12.6. The number of nitrogens with zero attached hydrogens (tertiary/aromatic N) is 3. The number of nitrogens with one attached hydrogen (secondary N) is 1. The minimum atomic E-state index is -0.470. The van der Waals surface area contributed by atoms with Crippen molar-refractivity contribution in [3.05, 3.63) is 53.6 Å². The summed E-state index contributed by atoms with van der Waals surface area (Å²) in [4.78, 5) is 27.0. The first kappa shape index (κ1) is 28.1. The highest BCUT2D eigenvalue weighted by molar-refractivity contribution is 8.14. The van der Waals surface area contributed by atoms with Gasteiger partial charge < -0.3 is 14.2 Å². The van der Waals surface area contributed by atoms with Crippen molar-refractivity contribution in [2.75, 3.05) is 62.5 Å². The average Bonchev–Trinajstić information content (AvgIpc) is 2.94. The summed E-state index contributed by atoms with van der Waals surface area (Å²) >= 11 is 3.17. The number of benzene rings is 2. The van der Waals surface area contributed by atoms with Gasteiger partial charge in [0, 0.05) is 48.1 Å². The molecule has 0 aliphatic carbocycles. The highest BCUT2D eigenvalue weighted by Gasteiger charge is 2.23. The van der Waals surface area contributed by atoms with Crippen LogP contribution in [0.5, 0.6) is 11.5 Å². The fourth-order valence-electron chi connectivity index (χ4n) is 3.95. The summed E-state index contributed by atoms with van der Waals surface area (Å²) in [5.41, 5.74) is 3.21. The van der Waals surface area contributed by atoms with Crippen molar-refractivity contribution < 1.29 is 23.8 Å². The minimum absolute atomic E-state index is 0.109. The predicted octanol–water partition coefficient (Wildman–Crippen LogP) is 5.15. The van der Waals surface area contributed by atoms with Crippen LogP contribution in [0.25, 0.3) is 0 Å². The molecule has 204 valence electrons. The summed E-state index contributed by atoms with van der Waals surface area (Å²) in [6.45, 7) is 6.15. The number of carbonyl (C=O) groups is 2. The van der Waals surface area contributed by atoms with Crippen LogP contribution in [0.3, 0.4) is 0 Å². The average molecular weight is 559 g/mol. The van der Waals surface area contributed by atoms with E-state index in [-0.39, 0.29) is 5.24 Å². The third-order valence-electron chi connectivity index (χ3n) is 6.02. The van der Waals surface area contributed by atoms with Gasteiger partial charge in [0.25, 0.3) is 0 Å². The summed E-state index contributed by atoms with van der Waals surface area (Å²) in [6.07, 6.45) is 0.419. The topological polar surface area (TPSA) is 92.7 Å². The van der Waals surface area contributed by atoms with Gasteiger partial charge in [0.2, 0.25) is 0 Å². The molecule has 0 saturated carbocycles. The Morgan fingerprint density at radius 2 is 1.87 bits per heavy atom. The third-order valence-corrected chi connectivity index (χ3v) is 7.84. The zero-order valence-electron chi connectivity index (χ0n) is 21.8. The Labute approximate surface area is 232 Å². The molecule has 2 aliphatic heterocycles. The Morgan fingerprint density at radius 3 is 2.61 bits per heavy atom. The largest absolute Gasteiger partial charge is 0.493 e. The number of anilines is 1. The van der Waals surface area contributed by atoms with Crippen LogP contribution in [0.1, 0.15) is 24.5 Å². The van der Waals surface area contributed by atoms with Crippen LogP contribution in [-0.4, -0.2) is 84.2 Å². The van der Waals surface area contributed by atoms with Gasteiger partial charge in [-0.3, -0.25) is 15.0 Å². The molecule has 0 unspecified atom stereocenters. The zero-order chi connectivity index (χ0) is 26.7. The van der Waals surface area contributed by atoms with E-state index in [1.807, 2.05) is 49.0 Å². The summed E-state index contributed by atoms with van der Waals surface area (Å²) < 4.78 is 16.6. The maximum atomic E-state index is 12.6. The number of hydrogen-bond acceptors (Lipinski definition) is 9. The Morgan fingerprint density at radius 1 is 1.08 bits per heavy atom. The van der Waals surface area contributed by atoms with E-state index in [4.69, 9.17) is 14.2 Å². The van der Waals surface area contributed by atoms with Gasteiger partial charge in [0.05, 0.1) is 26.0 Å². The van der Waals surface area contributed by atoms with Crippen LogP contribution >= 0.6 is 23.5 Å². The van der Waals surface area contributed by atoms with Crippen molar-refractivity contribution in [2.24, 2.45) is 5.10 Å². The van der Waals surface area contributed by atoms with Crippen molar-refractivity contribution in [1.29, 1.82) is 0 Å². The number of amides is 2. The SMILES string of the molecule is CCCOc1cc(C2=NN(Cc3ccc(NC(=O)OCCN4CCSCC4)cc3)C(=O)SC2)ccc1OC. The molecule has 4 rings (SSSR count). The van der Waals surface area contributed by atoms with Crippen molar-refractivity contribution >= 4 is 46.3 Å². The Kier molecular flexibility index (Phi) is 10.6. The number of thioether (sulfide) groups is 2. The molecule has 1 N–H and O–H groups in total. The van der Waals surface area contributed by atoms with Gasteiger partial charge >= 0.3 is 11.3 Å². The van der Waals surface area contributed by atoms with Crippen LogP contribution in [-0.2, 0) is 11.3 Å². The molecule has 2 aromatic carbocycles. The molecule has 0 atom stereocenters. The molecule has 0 spiro atoms. The van der Waals surface area contributed by atoms with Gasteiger partial charge in [0.15, 0.2) is 11.5 Å². The first-order valence-electron chi connectivity index (χ1n) is 12.7. The highest BCUT2D eigenvalue weighted by Crippen LogP contribution is 2.30. The fraction of sp³-hybridized carbons (Fsp3) is 0.444. The summed E-state index contributed by atoms with van der Waals surface area (Å²) in [7, 11) is 1.61. The highest BCUT2D eigenvalue weighted by atomic mass is 32.2. The van der Waals surface area contributed by atoms with Crippen molar-refractivity contribution in [1.82, 2.24) is 9.91 Å². The molecule has 2 heterocycles. The molecule has 38 heavy (non-hydrogen) atoms. The van der Waals surface area contributed by atoms with E-state index < -0.39 is 6.09 Å². The lowest BCUT2D eigenvalue weighted by Gasteiger charge is -2.25. The van der Waals surface area contributed by atoms with Crippen LogP contribution in [0.4, 0.5) is 15.3 Å². The maximum Gasteiger partial charge on any atom is 0.411 e. The minimum Gasteiger partial charge on any atom is -0.493 e. The van der Waals surface area contributed by atoms with Crippen molar-refractivity contribution in [3.8, 4) is 11.5 Å². The smallest absolute Gasteiger partial charge is 0.411 e. The zero-order valence-corrected chi connectivity index (χ0v) is 23.4. The number of hydrazone groups is 1. The monoisotopic (exact) mass is 558 g/mol. The Balaban J connectivity index is 1.33. The number of ether oxygens (including phenoxy) is 3. The molecule has 2 aliphatic rings. The van der Waals surface area contributed by atoms with Crippen LogP contribution in [0.15, 0.2) is 47.6 Å². The molecule has 1 saturated heterocycles. The molecule has 1 fully saturated rings. The summed E-state index contributed by atoms with van der Waals surface area (Å²) in [5.74, 6) is 4.07. The van der Waals surface area contributed by atoms with E-state index in [9.17, 15) is 9.59 Å². The molecule has 2 aromatic rings. The van der Waals surface area contributed by atoms with Gasteiger partial charge in [-0.25, -0.2) is 9.80 Å². The van der Waals surface area contributed by atoms with E-state index in [1.165, 1.54) is 16.8 Å². The molecular weight excluding hydrogens is 524 g/mol. The van der Waals surface area contributed by atoms with Gasteiger partial charge in [-0.2, -0.15) is 16.9 Å². The van der Waals surface area contributed by atoms with Gasteiger partial charge in [-0.1, -0.05) is 30.8 Å². The lowest BCUT2D eigenvalue weighted by molar-refractivity contribution is 0.142. The number of carbonyl (C=O) groups excluding carboxylic acids is 2. The second-order valence-electron chi connectivity index (χ2n) is 8.78. The van der Waals surface area contributed by atoms with E-state index in [0.29, 0.717) is 42.7 Å². The summed E-state index contributed by atoms with van der Waals surface area (Å²) in [5, 5.41) is 8.76. The van der Waals surface area contributed by atoms with Crippen LogP contribution < -0.4 is 14.8 Å². The van der Waals surface area contributed by atoms with E-state index >= 15 is 0 Å². The molecule has 0 bridgehead atoms. The van der Waals surface area contributed by atoms with Crippen LogP contribution in [0.2, 0.25) is 0 Å². The lowest BCUT2D eigenvalue weighted by Crippen LogP contribution is -2.35. The first-order valence-corrected chi connectivity index (χ1v) is 14.9. The van der Waals surface area contributed by atoms with Crippen molar-refractivity contribution in [2.45, 2.75) is 19.9 Å². The van der Waals surface area contributed by atoms with E-state index in [2.05, 4.69) is 15.3 Å². The van der Waals surface area contributed by atoms with Crippen molar-refractivity contribution in [3.63, 3.8) is 0 Å². The molecular formula is C27H34N4O5S2. The standard InChI is InChI=1S/C27H34N4O5S2/c1-3-13-35-25-17-21(6-9-24(25)34-2)23-19-38-27(33)31(29-23)18-20-4-7-22(8-5-20)28-26(32)36-14-10-30-11-15-37-16-12-30/h4-9,17H,3,10-16,18-19H2,1-2H3,(H,28,32). The normalized spacial score (nSPS) is 16.1. The second kappa shape index (κ2) is 14.3. The number of hydrogen-bond donors (Lipinski definition) is 1. The van der Waals surface area contributed by atoms with Gasteiger partial charge in [0.1, 0.15) is 6.61 Å². The lowest BCUT2D eigenvalue weighted by atomic mass is 10.1. The number of methoxy groups -OCH3 is 1. The Hall–Kier alpha value is -2.89. The molecule has 9 nitrogen and oxygen atoms in total. The number of rotatable bonds is 11. The predicted molar refractivity (Wildman–Crippen MR) is 154 cm³/mol. The van der Waals surface area contributed by atoms with E-state index in [1.54, 1.807) is 19.2 Å². The third kappa shape index (κ3) is 8.05. The van der Waals surface area contributed by atoms with Gasteiger partial charge in [-0.05, 0) is 42.3 Å². The Bertz CT molecular complexity index is 1120. The summed E-state index contributed by atoms with van der Waals surface area (Å²) in [6, 6.07) is 13.0. The molecule has 11 heteroatoms. The second-order valence-corrected chi connectivity index (χ2v) is 10.9. The molecule has 0 radical (unpaired) electrons. The first-order chi connectivity index (χ1) is 18.6. The molecule has 0 aromatic heterocycles.